The standard InChI is InChI=1S/C24H25N3O3/c1-15(2)30-23-17(9-8-12-21(23)29-5)13-14-20(28)22-16(3)25-27-19-11-7-6-10-18(19)26(4)24(22)27/h6-15H,1-5H3. The third-order valence-corrected chi connectivity index (χ3v) is 5.07. The molecule has 0 N–H and O–H groups in total. The normalized spacial score (nSPS) is 11.8. The molecule has 0 saturated heterocycles. The molecule has 6 heteroatoms. The topological polar surface area (TPSA) is 57.8 Å². The van der Waals surface area contributed by atoms with Crippen LogP contribution in [0.4, 0.5) is 0 Å². The molecule has 2 aromatic carbocycles. The summed E-state index contributed by atoms with van der Waals surface area (Å²) in [6.07, 6.45) is 3.33. The zero-order valence-corrected chi connectivity index (χ0v) is 17.8. The average Bonchev–Trinajstić information content (AvgIpc) is 3.21. The minimum Gasteiger partial charge on any atom is -0.493 e. The predicted octanol–water partition coefficient (Wildman–Crippen LogP) is 4.83. The molecule has 2 heterocycles. The smallest absolute Gasteiger partial charge is 0.191 e. The second-order valence-electron chi connectivity index (χ2n) is 7.49. The number of benzene rings is 2. The van der Waals surface area contributed by atoms with E-state index in [-0.39, 0.29) is 11.9 Å². The van der Waals surface area contributed by atoms with Crippen molar-refractivity contribution in [3.63, 3.8) is 0 Å². The largest absolute Gasteiger partial charge is 0.493 e. The Bertz CT molecular complexity index is 1280. The van der Waals surface area contributed by atoms with Gasteiger partial charge in [-0.2, -0.15) is 5.10 Å². The highest BCUT2D eigenvalue weighted by molar-refractivity contribution is 6.12. The minimum absolute atomic E-state index is 0.0162. The number of ketones is 1. The quantitative estimate of drug-likeness (QED) is 0.342. The van der Waals surface area contributed by atoms with Crippen molar-refractivity contribution < 1.29 is 14.3 Å². The van der Waals surface area contributed by atoms with Gasteiger partial charge in [-0.3, -0.25) is 4.79 Å². The number of allylic oxidation sites excluding steroid dienone is 1. The lowest BCUT2D eigenvalue weighted by Crippen LogP contribution is -2.08. The third kappa shape index (κ3) is 3.24. The molecular weight excluding hydrogens is 378 g/mol. The summed E-state index contributed by atoms with van der Waals surface area (Å²) in [5.41, 5.74) is 4.87. The fourth-order valence-electron chi connectivity index (χ4n) is 3.76. The zero-order chi connectivity index (χ0) is 21.4. The van der Waals surface area contributed by atoms with Crippen molar-refractivity contribution in [3.05, 3.63) is 65.4 Å². The first-order valence-electron chi connectivity index (χ1n) is 9.91. The maximum atomic E-state index is 13.2. The average molecular weight is 403 g/mol. The Hall–Kier alpha value is -3.54. The van der Waals surface area contributed by atoms with Crippen LogP contribution in [-0.4, -0.2) is 33.2 Å². The molecule has 30 heavy (non-hydrogen) atoms. The lowest BCUT2D eigenvalue weighted by molar-refractivity contribution is 0.104. The van der Waals surface area contributed by atoms with Crippen LogP contribution in [0.2, 0.25) is 0 Å². The second kappa shape index (κ2) is 7.71. The van der Waals surface area contributed by atoms with Crippen LogP contribution in [0.5, 0.6) is 11.5 Å². The molecule has 0 spiro atoms. The first kappa shape index (κ1) is 19.8. The second-order valence-corrected chi connectivity index (χ2v) is 7.49. The Labute approximate surface area is 175 Å². The van der Waals surface area contributed by atoms with E-state index in [9.17, 15) is 4.79 Å². The Kier molecular flexibility index (Phi) is 5.08. The van der Waals surface area contributed by atoms with E-state index in [1.54, 1.807) is 19.3 Å². The number of hydrogen-bond donors (Lipinski definition) is 0. The molecule has 0 amide bonds. The summed E-state index contributed by atoms with van der Waals surface area (Å²) < 4.78 is 15.2. The van der Waals surface area contributed by atoms with Crippen molar-refractivity contribution in [2.24, 2.45) is 7.05 Å². The van der Waals surface area contributed by atoms with Crippen LogP contribution in [0.3, 0.4) is 0 Å². The molecule has 2 aromatic heterocycles. The Balaban J connectivity index is 1.78. The summed E-state index contributed by atoms with van der Waals surface area (Å²) in [6, 6.07) is 13.6. The van der Waals surface area contributed by atoms with Gasteiger partial charge in [-0.1, -0.05) is 24.3 Å². The molecule has 0 aliphatic carbocycles. The van der Waals surface area contributed by atoms with Crippen LogP contribution in [0.25, 0.3) is 22.8 Å². The van der Waals surface area contributed by atoms with Crippen molar-refractivity contribution >= 4 is 28.5 Å². The number of carbonyl (C=O) groups excluding carboxylic acids is 1. The van der Waals surface area contributed by atoms with E-state index in [4.69, 9.17) is 9.47 Å². The Morgan fingerprint density at radius 2 is 1.83 bits per heavy atom. The zero-order valence-electron chi connectivity index (χ0n) is 17.8. The van der Waals surface area contributed by atoms with Crippen LogP contribution in [0, 0.1) is 6.92 Å². The highest BCUT2D eigenvalue weighted by Crippen LogP contribution is 2.33. The number of rotatable bonds is 6. The number of fused-ring (bicyclic) bond motifs is 3. The van der Waals surface area contributed by atoms with Crippen molar-refractivity contribution in [2.45, 2.75) is 26.9 Å². The molecule has 154 valence electrons. The predicted molar refractivity (Wildman–Crippen MR) is 119 cm³/mol. The van der Waals surface area contributed by atoms with Crippen LogP contribution in [0.15, 0.2) is 48.5 Å². The number of methoxy groups -OCH3 is 1. The van der Waals surface area contributed by atoms with Gasteiger partial charge in [0.1, 0.15) is 5.65 Å². The van der Waals surface area contributed by atoms with Gasteiger partial charge in [-0.15, -0.1) is 0 Å². The third-order valence-electron chi connectivity index (χ3n) is 5.07. The van der Waals surface area contributed by atoms with Gasteiger partial charge < -0.3 is 14.0 Å². The first-order chi connectivity index (χ1) is 14.4. The van der Waals surface area contributed by atoms with E-state index in [1.807, 2.05) is 79.4 Å². The molecule has 0 atom stereocenters. The van der Waals surface area contributed by atoms with E-state index in [0.29, 0.717) is 22.8 Å². The van der Waals surface area contributed by atoms with Crippen LogP contribution >= 0.6 is 0 Å². The molecule has 4 aromatic rings. The van der Waals surface area contributed by atoms with Gasteiger partial charge in [-0.25, -0.2) is 4.52 Å². The highest BCUT2D eigenvalue weighted by Gasteiger charge is 2.21. The SMILES string of the molecule is COc1cccc(C=CC(=O)c2c(C)nn3c4ccccc4n(C)c23)c1OC(C)C. The monoisotopic (exact) mass is 403 g/mol. The Morgan fingerprint density at radius 3 is 2.53 bits per heavy atom. The number of hydrogen-bond acceptors (Lipinski definition) is 4. The number of para-hydroxylation sites is 3. The van der Waals surface area contributed by atoms with E-state index >= 15 is 0 Å². The highest BCUT2D eigenvalue weighted by atomic mass is 16.5. The number of carbonyl (C=O) groups is 1. The molecule has 0 fully saturated rings. The molecule has 6 nitrogen and oxygen atoms in total. The molecule has 0 radical (unpaired) electrons. The van der Waals surface area contributed by atoms with Crippen LogP contribution < -0.4 is 9.47 Å². The summed E-state index contributed by atoms with van der Waals surface area (Å²) in [5.74, 6) is 1.16. The molecule has 0 aliphatic heterocycles. The van der Waals surface area contributed by atoms with E-state index in [2.05, 4.69) is 5.10 Å². The first-order valence-corrected chi connectivity index (χ1v) is 9.91. The van der Waals surface area contributed by atoms with Gasteiger partial charge in [0.2, 0.25) is 0 Å². The fraction of sp³-hybridized carbons (Fsp3) is 0.250. The molecule has 0 unspecified atom stereocenters. The number of aryl methyl sites for hydroxylation is 2. The molecular formula is C24H25N3O3. The summed E-state index contributed by atoms with van der Waals surface area (Å²) in [5, 5.41) is 4.62. The molecule has 4 rings (SSSR count). The summed E-state index contributed by atoms with van der Waals surface area (Å²) in [4.78, 5) is 13.2. The lowest BCUT2D eigenvalue weighted by atomic mass is 10.1. The van der Waals surface area contributed by atoms with Gasteiger partial charge in [0.25, 0.3) is 0 Å². The maximum Gasteiger partial charge on any atom is 0.191 e. The summed E-state index contributed by atoms with van der Waals surface area (Å²) >= 11 is 0. The van der Waals surface area contributed by atoms with Gasteiger partial charge in [0.05, 0.1) is 35.5 Å². The van der Waals surface area contributed by atoms with Crippen molar-refractivity contribution in [3.8, 4) is 11.5 Å². The Morgan fingerprint density at radius 1 is 1.10 bits per heavy atom. The van der Waals surface area contributed by atoms with Gasteiger partial charge >= 0.3 is 0 Å². The fourth-order valence-corrected chi connectivity index (χ4v) is 3.76. The van der Waals surface area contributed by atoms with E-state index in [0.717, 1.165) is 22.2 Å². The summed E-state index contributed by atoms with van der Waals surface area (Å²) in [6.45, 7) is 5.78. The van der Waals surface area contributed by atoms with Crippen molar-refractivity contribution in [1.29, 1.82) is 0 Å². The van der Waals surface area contributed by atoms with Gasteiger partial charge in [-0.05, 0) is 51.1 Å². The lowest BCUT2D eigenvalue weighted by Gasteiger charge is -2.15. The number of ether oxygens (including phenoxy) is 2. The van der Waals surface area contributed by atoms with E-state index in [1.165, 1.54) is 0 Å². The molecule has 0 bridgehead atoms. The van der Waals surface area contributed by atoms with Crippen molar-refractivity contribution in [1.82, 2.24) is 14.2 Å². The summed E-state index contributed by atoms with van der Waals surface area (Å²) in [7, 11) is 3.56. The minimum atomic E-state index is -0.105. The number of imidazole rings is 1. The van der Waals surface area contributed by atoms with Gasteiger partial charge in [0, 0.05) is 12.6 Å². The number of nitrogens with zero attached hydrogens (tertiary/aromatic N) is 3. The molecule has 0 saturated carbocycles. The molecule has 0 aliphatic rings. The maximum absolute atomic E-state index is 13.2. The van der Waals surface area contributed by atoms with Crippen molar-refractivity contribution in [2.75, 3.05) is 7.11 Å². The van der Waals surface area contributed by atoms with Crippen LogP contribution in [0.1, 0.15) is 35.5 Å². The number of aromatic nitrogens is 3. The van der Waals surface area contributed by atoms with Crippen LogP contribution in [-0.2, 0) is 7.05 Å². The van der Waals surface area contributed by atoms with E-state index < -0.39 is 0 Å². The van der Waals surface area contributed by atoms with Gasteiger partial charge in [0.15, 0.2) is 17.3 Å².